The molecule has 0 unspecified atom stereocenters. The predicted molar refractivity (Wildman–Crippen MR) is 131 cm³/mol. The Morgan fingerprint density at radius 1 is 1.12 bits per heavy atom. The smallest absolute Gasteiger partial charge is 0.223 e. The van der Waals surface area contributed by atoms with Crippen LogP contribution >= 0.6 is 11.6 Å². The van der Waals surface area contributed by atoms with Gasteiger partial charge in [0, 0.05) is 28.9 Å². The molecule has 164 valence electrons. The van der Waals surface area contributed by atoms with Crippen molar-refractivity contribution in [2.75, 3.05) is 12.8 Å². The zero-order valence-corrected chi connectivity index (χ0v) is 18.9. The zero-order valence-electron chi connectivity index (χ0n) is 18.1. The van der Waals surface area contributed by atoms with Gasteiger partial charge in [0.1, 0.15) is 17.3 Å². The van der Waals surface area contributed by atoms with Crippen LogP contribution in [0.25, 0.3) is 5.70 Å². The number of fused-ring (bicyclic) bond motifs is 1. The number of methoxy groups -OCH3 is 1. The van der Waals surface area contributed by atoms with Gasteiger partial charge in [-0.2, -0.15) is 9.67 Å². The number of ether oxygens (including phenoxy) is 1. The standard InChI is InChI=1S/C26H23ClN5O/c1-33-22-11-9-18(10-12-22)25-20(14-21-7-4-5-13-31(21)25)15-29-24-16-30-32(26(24)28)17-19-6-2-3-8-23(19)27/h2-13,15-16H,14,17,28H2,1H3/q+1. The Balaban J connectivity index is 1.47. The summed E-state index contributed by atoms with van der Waals surface area (Å²) in [6, 6.07) is 21.9. The molecule has 0 atom stereocenters. The van der Waals surface area contributed by atoms with Crippen molar-refractivity contribution in [2.24, 2.45) is 4.99 Å². The summed E-state index contributed by atoms with van der Waals surface area (Å²) in [5, 5.41) is 5.10. The maximum absolute atomic E-state index is 6.36. The van der Waals surface area contributed by atoms with Crippen molar-refractivity contribution in [3.63, 3.8) is 0 Å². The highest BCUT2D eigenvalue weighted by molar-refractivity contribution is 6.31. The quantitative estimate of drug-likeness (QED) is 0.338. The Kier molecular flexibility index (Phi) is 5.67. The summed E-state index contributed by atoms with van der Waals surface area (Å²) in [7, 11) is 1.67. The summed E-state index contributed by atoms with van der Waals surface area (Å²) < 4.78 is 9.23. The number of benzene rings is 2. The molecular formula is C26H23ClN5O+. The van der Waals surface area contributed by atoms with Crippen LogP contribution in [0.4, 0.5) is 11.5 Å². The van der Waals surface area contributed by atoms with E-state index in [2.05, 4.69) is 34.1 Å². The van der Waals surface area contributed by atoms with Gasteiger partial charge in [-0.15, -0.1) is 0 Å². The third-order valence-electron chi connectivity index (χ3n) is 5.72. The molecule has 0 radical (unpaired) electrons. The maximum Gasteiger partial charge on any atom is 0.223 e. The van der Waals surface area contributed by atoms with E-state index in [9.17, 15) is 0 Å². The Morgan fingerprint density at radius 3 is 2.70 bits per heavy atom. The molecule has 0 aliphatic carbocycles. The Bertz CT molecular complexity index is 1370. The number of nitrogens with two attached hydrogens (primary N) is 1. The molecule has 2 N–H and O–H groups in total. The van der Waals surface area contributed by atoms with Crippen LogP contribution in [0.1, 0.15) is 16.8 Å². The largest absolute Gasteiger partial charge is 0.497 e. The zero-order chi connectivity index (χ0) is 22.8. The van der Waals surface area contributed by atoms with Gasteiger partial charge >= 0.3 is 0 Å². The lowest BCUT2D eigenvalue weighted by atomic mass is 10.1. The van der Waals surface area contributed by atoms with Crippen molar-refractivity contribution in [2.45, 2.75) is 13.0 Å². The third-order valence-corrected chi connectivity index (χ3v) is 6.09. The Labute approximate surface area is 197 Å². The van der Waals surface area contributed by atoms with Crippen molar-refractivity contribution in [3.05, 3.63) is 107 Å². The van der Waals surface area contributed by atoms with Gasteiger partial charge in [0.05, 0.1) is 31.8 Å². The molecular weight excluding hydrogens is 434 g/mol. The molecule has 0 fully saturated rings. The number of hydrogen-bond donors (Lipinski definition) is 1. The van der Waals surface area contributed by atoms with E-state index in [0.29, 0.717) is 23.1 Å². The number of nitrogen functional groups attached to an aromatic ring is 1. The van der Waals surface area contributed by atoms with Gasteiger partial charge in [0.2, 0.25) is 5.70 Å². The topological polar surface area (TPSA) is 69.3 Å². The molecule has 2 aromatic carbocycles. The summed E-state index contributed by atoms with van der Waals surface area (Å²) in [5.41, 5.74) is 12.4. The molecule has 33 heavy (non-hydrogen) atoms. The number of hydrogen-bond acceptors (Lipinski definition) is 4. The van der Waals surface area contributed by atoms with E-state index in [1.165, 1.54) is 5.69 Å². The number of aliphatic imine (C=N–C) groups is 1. The predicted octanol–water partition coefficient (Wildman–Crippen LogP) is 4.68. The van der Waals surface area contributed by atoms with Crippen LogP contribution in [-0.2, 0) is 13.0 Å². The average molecular weight is 457 g/mol. The molecule has 0 saturated heterocycles. The first-order chi connectivity index (χ1) is 16.1. The summed E-state index contributed by atoms with van der Waals surface area (Å²) in [6.45, 7) is 0.488. The number of pyridine rings is 1. The van der Waals surface area contributed by atoms with Crippen LogP contribution in [0.5, 0.6) is 5.75 Å². The van der Waals surface area contributed by atoms with Crippen molar-refractivity contribution < 1.29 is 9.30 Å². The van der Waals surface area contributed by atoms with E-state index in [-0.39, 0.29) is 0 Å². The molecule has 2 aromatic heterocycles. The van der Waals surface area contributed by atoms with Crippen LogP contribution in [0.15, 0.2) is 89.7 Å². The maximum atomic E-state index is 6.36. The van der Waals surface area contributed by atoms with Gasteiger partial charge in [0.25, 0.3) is 0 Å². The lowest BCUT2D eigenvalue weighted by Crippen LogP contribution is -2.33. The second-order valence-electron chi connectivity index (χ2n) is 7.76. The number of allylic oxidation sites excluding steroid dienone is 1. The fraction of sp³-hybridized carbons (Fsp3) is 0.115. The molecule has 1 aliphatic heterocycles. The van der Waals surface area contributed by atoms with E-state index >= 15 is 0 Å². The van der Waals surface area contributed by atoms with Crippen LogP contribution in [-0.4, -0.2) is 23.1 Å². The lowest BCUT2D eigenvalue weighted by molar-refractivity contribution is -0.582. The summed E-state index contributed by atoms with van der Waals surface area (Å²) in [4.78, 5) is 4.70. The minimum absolute atomic E-state index is 0.488. The Morgan fingerprint density at radius 2 is 1.91 bits per heavy atom. The van der Waals surface area contributed by atoms with E-state index in [4.69, 9.17) is 27.1 Å². The molecule has 5 rings (SSSR count). The minimum Gasteiger partial charge on any atom is -0.497 e. The molecule has 0 amide bonds. The van der Waals surface area contributed by atoms with Gasteiger partial charge in [-0.05, 0) is 35.9 Å². The van der Waals surface area contributed by atoms with Crippen LogP contribution in [0.3, 0.4) is 0 Å². The van der Waals surface area contributed by atoms with E-state index < -0.39 is 0 Å². The van der Waals surface area contributed by atoms with Crippen LogP contribution in [0, 0.1) is 0 Å². The first-order valence-corrected chi connectivity index (χ1v) is 11.0. The lowest BCUT2D eigenvalue weighted by Gasteiger charge is -2.06. The number of halogens is 1. The number of anilines is 1. The highest BCUT2D eigenvalue weighted by Gasteiger charge is 2.30. The SMILES string of the molecule is COc1ccc(C2=C(C=Nc3cnn(Cc4ccccc4Cl)c3N)Cc3cccc[n+]32)cc1. The van der Waals surface area contributed by atoms with Gasteiger partial charge in [-0.3, -0.25) is 4.99 Å². The first kappa shape index (κ1) is 21.0. The molecule has 4 aromatic rings. The van der Waals surface area contributed by atoms with Crippen LogP contribution in [0.2, 0.25) is 5.02 Å². The molecule has 0 spiro atoms. The summed E-state index contributed by atoms with van der Waals surface area (Å²) >= 11 is 6.29. The molecule has 3 heterocycles. The Hall–Kier alpha value is -3.90. The molecule has 7 heteroatoms. The number of aromatic nitrogens is 3. The molecule has 0 saturated carbocycles. The van der Waals surface area contributed by atoms with E-state index in [1.54, 1.807) is 18.0 Å². The number of rotatable bonds is 6. The monoisotopic (exact) mass is 456 g/mol. The average Bonchev–Trinajstić information content (AvgIpc) is 3.39. The first-order valence-electron chi connectivity index (χ1n) is 10.6. The van der Waals surface area contributed by atoms with Crippen LogP contribution < -0.4 is 15.0 Å². The van der Waals surface area contributed by atoms with Crippen molar-refractivity contribution in [3.8, 4) is 5.75 Å². The molecule has 0 bridgehead atoms. The summed E-state index contributed by atoms with van der Waals surface area (Å²) in [6.07, 6.45) is 6.43. The summed E-state index contributed by atoms with van der Waals surface area (Å²) in [5.74, 6) is 1.32. The van der Waals surface area contributed by atoms with Gasteiger partial charge in [-0.1, -0.05) is 35.9 Å². The van der Waals surface area contributed by atoms with Crippen molar-refractivity contribution in [1.29, 1.82) is 0 Å². The molecule has 1 aliphatic rings. The van der Waals surface area contributed by atoms with Gasteiger partial charge in [-0.25, -0.2) is 4.68 Å². The second kappa shape index (κ2) is 8.92. The highest BCUT2D eigenvalue weighted by atomic mass is 35.5. The minimum atomic E-state index is 0.488. The normalized spacial score (nSPS) is 13.0. The number of nitrogens with zero attached hydrogens (tertiary/aromatic N) is 4. The van der Waals surface area contributed by atoms with Crippen molar-refractivity contribution >= 4 is 35.0 Å². The van der Waals surface area contributed by atoms with Gasteiger partial charge in [0.15, 0.2) is 11.9 Å². The van der Waals surface area contributed by atoms with E-state index in [1.807, 2.05) is 54.7 Å². The fourth-order valence-corrected chi connectivity index (χ4v) is 4.20. The van der Waals surface area contributed by atoms with Gasteiger partial charge < -0.3 is 10.5 Å². The fourth-order valence-electron chi connectivity index (χ4n) is 4.00. The highest BCUT2D eigenvalue weighted by Crippen LogP contribution is 2.28. The van der Waals surface area contributed by atoms with Crippen molar-refractivity contribution in [1.82, 2.24) is 9.78 Å². The second-order valence-corrected chi connectivity index (χ2v) is 8.17. The molecule has 6 nitrogen and oxygen atoms in total. The third kappa shape index (κ3) is 4.13. The van der Waals surface area contributed by atoms with E-state index in [0.717, 1.165) is 34.6 Å².